The van der Waals surface area contributed by atoms with Crippen LogP contribution < -0.4 is 37.6 Å². The first-order valence-electron chi connectivity index (χ1n) is 49.1. The Morgan fingerprint density at radius 3 is 0.965 bits per heavy atom. The van der Waals surface area contributed by atoms with Crippen LogP contribution in [0.5, 0.6) is 0 Å². The van der Waals surface area contributed by atoms with E-state index in [4.69, 9.17) is 22.0 Å². The topological polar surface area (TPSA) is 359 Å². The number of β-amino-alcohol motifs (C(OH)–C–C–N with tert-alkyl or cyclic N) is 1. The molecule has 16 aromatic rings. The van der Waals surface area contributed by atoms with Gasteiger partial charge < -0.3 is 52.5 Å². The number of piperidine rings is 5. The highest BCUT2D eigenvalue weighted by Crippen LogP contribution is 2.40. The number of carbonyl (C=O) groups is 1. The lowest BCUT2D eigenvalue weighted by molar-refractivity contribution is 0.168. The van der Waals surface area contributed by atoms with E-state index in [1.165, 1.54) is 27.6 Å². The number of nitrogens with one attached hydrogen (secondary N) is 6. The number of hydrogen-bond acceptors (Lipinski definition) is 22. The molecule has 1 atom stereocenters. The summed E-state index contributed by atoms with van der Waals surface area (Å²) in [4.78, 5) is 37.6. The van der Waals surface area contributed by atoms with E-state index in [1.807, 2.05) is 187 Å². The Labute approximate surface area is 846 Å². The van der Waals surface area contributed by atoms with Crippen molar-refractivity contribution in [3.05, 3.63) is 333 Å². The van der Waals surface area contributed by atoms with Crippen LogP contribution in [0.3, 0.4) is 0 Å². The van der Waals surface area contributed by atoms with E-state index in [9.17, 15) is 38.5 Å². The highest BCUT2D eigenvalue weighted by molar-refractivity contribution is 8.31. The zero-order chi connectivity index (χ0) is 99.9. The number of pyridine rings is 5. The molecule has 2 amide bonds. The predicted molar refractivity (Wildman–Crippen MR) is 583 cm³/mol. The van der Waals surface area contributed by atoms with E-state index in [1.54, 1.807) is 53.8 Å². The van der Waals surface area contributed by atoms with Gasteiger partial charge in [0.1, 0.15) is 8.68 Å². The molecular weight excluding hydrogens is 1850 g/mol. The number of nitrogens with zero attached hydrogens (tertiary/aromatic N) is 13. The normalized spacial score (nSPS) is 15.7. The summed E-state index contributed by atoms with van der Waals surface area (Å²) in [6.45, 7) is 12.3. The Morgan fingerprint density at radius 1 is 0.375 bits per heavy atom. The maximum atomic E-state index is 13.3. The molecule has 144 heavy (non-hydrogen) atoms. The largest absolute Gasteiger partial charge is 0.395 e. The molecule has 0 saturated carbocycles. The zero-order valence-corrected chi connectivity index (χ0v) is 83.1. The van der Waals surface area contributed by atoms with Crippen LogP contribution in [0.2, 0.25) is 0 Å². The lowest BCUT2D eigenvalue weighted by Crippen LogP contribution is -2.44. The van der Waals surface area contributed by atoms with Gasteiger partial charge in [0.25, 0.3) is 0 Å². The average Bonchev–Trinajstić information content (AvgIpc) is 0.784. The second-order valence-corrected chi connectivity index (χ2v) is 43.0. The van der Waals surface area contributed by atoms with Crippen LogP contribution >= 0.6 is 0 Å². The Morgan fingerprint density at radius 2 is 0.660 bits per heavy atom. The summed E-state index contributed by atoms with van der Waals surface area (Å²) < 4.78 is 41.8. The molecule has 728 valence electrons. The second-order valence-electron chi connectivity index (χ2n) is 37.2. The fraction of sp³-hybridized carbons (Fsp3) is 0.259. The molecule has 5 fully saturated rings. The van der Waals surface area contributed by atoms with Gasteiger partial charge in [0.05, 0.1) is 63.3 Å². The summed E-state index contributed by atoms with van der Waals surface area (Å²) in [6.07, 6.45) is 27.8. The van der Waals surface area contributed by atoms with Crippen molar-refractivity contribution in [3.8, 4) is 79.9 Å². The molecule has 0 aliphatic carbocycles. The summed E-state index contributed by atoms with van der Waals surface area (Å²) in [5, 5.41) is 78.7. The molecule has 1 unspecified atom stereocenters. The first-order valence-corrected chi connectivity index (χ1v) is 53.1. The molecule has 0 spiro atoms. The minimum Gasteiger partial charge on any atom is -0.395 e. The third-order valence-electron chi connectivity index (χ3n) is 27.4. The number of aliphatic hydroxyl groups is 1. The van der Waals surface area contributed by atoms with Crippen LogP contribution in [0.4, 0.5) is 33.2 Å². The molecule has 0 radical (unpaired) electrons. The van der Waals surface area contributed by atoms with Crippen LogP contribution in [-0.4, -0.2) is 181 Å². The smallest absolute Gasteiger partial charge is 0.314 e. The standard InChI is InChI=1S/C27H24N4OS2.C24H26N4O2S.C23H24N4O.C22H21N5O.C20H21N3/c28-18-20-5-4-6-21(15-20)23-16-22-9-12-29-19-26(22)27(17-23)30-24-10-13-31(14-11-24)34(32,33)25-7-2-1-3-8-25;1-17(2)31(29,30)28-10-7-22(8-11-28)27-24-14-21(13-20-6-9-26-16-23(20)24)19-5-3-4-18(12-19)15-25;24-15-17-2-1-3-18(12-17)20-13-19-4-7-25-16-22(19)23(14-20)26-21-5-8-27(9-6-21)10-11-28;23-13-15-2-1-3-16(10-15)18-11-17-4-7-25-14-20(17)21(12-18)26-19-5-8-27(9-6-19)22(24)28;1-2-4-15(5-3-1)17-12-16-6-9-22-14-19(16)20(13-17)23-18-7-10-21-11-8-18/h1-9,12,15-17,19,24,30H,10-11,13-14H2;3-6,9,12-14,16-17,22,27H,7-8,10-11H2,1-2H3;1-4,7,12-14,16,21,26,28H,5-6,8-11H2;1-4,7,10-12,14,19,26H,5-6,8-9H2,(H2,24,28);1-6,9,12-14,18,21,23H,7-8,10-11H2. The number of nitrogens with two attached hydrogens (primary N) is 1. The number of sulfonamides is 1. The van der Waals surface area contributed by atoms with Crippen molar-refractivity contribution < 1.29 is 22.5 Å². The lowest BCUT2D eigenvalue weighted by atomic mass is 9.98. The Kier molecular flexibility index (Phi) is 33.2. The Balaban J connectivity index is 0.000000124. The van der Waals surface area contributed by atoms with Crippen LogP contribution in [0.1, 0.15) is 100 Å². The third-order valence-corrected chi connectivity index (χ3v) is 32.8. The fourth-order valence-electron chi connectivity index (χ4n) is 19.4. The van der Waals surface area contributed by atoms with E-state index in [2.05, 4.69) is 183 Å². The van der Waals surface area contributed by atoms with Crippen molar-refractivity contribution in [2.75, 3.05) is 105 Å². The number of primary amides is 1. The van der Waals surface area contributed by atoms with Gasteiger partial charge in [0.2, 0.25) is 10.0 Å². The molecule has 5 aromatic heterocycles. The number of nitriles is 4. The summed E-state index contributed by atoms with van der Waals surface area (Å²) in [7, 11) is -5.85. The van der Waals surface area contributed by atoms with Crippen LogP contribution in [0.15, 0.2) is 316 Å². The maximum Gasteiger partial charge on any atom is 0.314 e. The van der Waals surface area contributed by atoms with Gasteiger partial charge >= 0.3 is 6.03 Å². The van der Waals surface area contributed by atoms with Crippen molar-refractivity contribution in [3.63, 3.8) is 0 Å². The van der Waals surface area contributed by atoms with E-state index in [0.717, 1.165) is 207 Å². The van der Waals surface area contributed by atoms with Gasteiger partial charge in [-0.15, -0.1) is 0 Å². The number of benzene rings is 11. The number of urea groups is 1. The van der Waals surface area contributed by atoms with Crippen LogP contribution in [0.25, 0.3) is 109 Å². The average molecular weight is 1970 g/mol. The van der Waals surface area contributed by atoms with Gasteiger partial charge in [-0.25, -0.2) is 26.0 Å². The molecule has 9 N–H and O–H groups in total. The van der Waals surface area contributed by atoms with Crippen molar-refractivity contribution in [2.45, 2.75) is 118 Å². The van der Waals surface area contributed by atoms with Gasteiger partial charge in [0, 0.05) is 218 Å². The van der Waals surface area contributed by atoms with E-state index < -0.39 is 24.0 Å². The monoisotopic (exact) mass is 1960 g/mol. The van der Waals surface area contributed by atoms with Crippen molar-refractivity contribution in [1.29, 1.82) is 21.0 Å². The Hall–Kier alpha value is -15.2. The predicted octanol–water partition coefficient (Wildman–Crippen LogP) is 21.2. The Bertz CT molecular complexity index is 7650. The second kappa shape index (κ2) is 47.6. The molecule has 0 bridgehead atoms. The van der Waals surface area contributed by atoms with Gasteiger partial charge in [0.15, 0.2) is 0 Å². The van der Waals surface area contributed by atoms with E-state index in [0.29, 0.717) is 78.5 Å². The minimum atomic E-state index is -3.21. The first-order chi connectivity index (χ1) is 70.2. The third kappa shape index (κ3) is 25.1. The zero-order valence-electron chi connectivity index (χ0n) is 80.7. The van der Waals surface area contributed by atoms with E-state index >= 15 is 0 Å². The lowest BCUT2D eigenvalue weighted by Gasteiger charge is -2.34. The summed E-state index contributed by atoms with van der Waals surface area (Å²) in [6, 6.07) is 92.3. The number of aromatic nitrogens is 5. The van der Waals surface area contributed by atoms with Gasteiger partial charge in [-0.1, -0.05) is 97.1 Å². The van der Waals surface area contributed by atoms with Gasteiger partial charge in [-0.2, -0.15) is 21.0 Å². The van der Waals surface area contributed by atoms with E-state index in [-0.39, 0.29) is 30.8 Å². The molecule has 11 aromatic carbocycles. The number of anilines is 5. The minimum absolute atomic E-state index is 0.183. The summed E-state index contributed by atoms with van der Waals surface area (Å²) in [5.74, 6) is 0. The van der Waals surface area contributed by atoms with Gasteiger partial charge in [-0.05, 0) is 325 Å². The summed E-state index contributed by atoms with van der Waals surface area (Å²) in [5.41, 5.74) is 24.0. The molecule has 5 aliphatic rings. The highest BCUT2D eigenvalue weighted by atomic mass is 32.8. The van der Waals surface area contributed by atoms with Crippen LogP contribution in [0, 0.1) is 45.3 Å². The molecule has 10 heterocycles. The number of hydrogen-bond donors (Lipinski definition) is 8. The molecule has 5 aliphatic heterocycles. The number of aliphatic hydroxyl groups excluding tert-OH is 1. The fourth-order valence-corrected chi connectivity index (χ4v) is 23.0. The molecular formula is C116H116N20O5S3. The van der Waals surface area contributed by atoms with Crippen LogP contribution in [-0.2, 0) is 29.9 Å². The van der Waals surface area contributed by atoms with Crippen molar-refractivity contribution in [1.82, 2.24) is 48.6 Å². The number of fused-ring (bicyclic) bond motifs is 5. The van der Waals surface area contributed by atoms with Gasteiger partial charge in [-0.3, -0.25) is 24.9 Å². The molecule has 25 nitrogen and oxygen atoms in total. The maximum absolute atomic E-state index is 13.3. The molecule has 21 rings (SSSR count). The number of rotatable bonds is 21. The number of amides is 2. The first kappa shape index (κ1) is 100. The van der Waals surface area contributed by atoms with Crippen molar-refractivity contribution in [2.24, 2.45) is 5.73 Å². The SMILES string of the molecule is CC(C)S(=O)(=O)N1CCC(Nc2cc(-c3cccc(C#N)c3)cc3ccncc23)CC1.N#Cc1cccc(-c2cc(NC3CCN(C(N)=O)CC3)c3cnccc3c2)c1.N#Cc1cccc(-c2cc(NC3CCN(CCO)CC3)c3cnccc3c2)c1.N#Cc1cccc(-c2cc(NC3CCN(S(=O)(=S)c4ccccc4)CC3)c3cnccc3c2)c1.c1ccc(-c2cc(NC3CCNCC3)c3cnccc3c2)cc1. The summed E-state index contributed by atoms with van der Waals surface area (Å²) >= 11 is 5.56. The quantitative estimate of drug-likeness (QED) is 0.0331. The molecule has 5 saturated heterocycles. The number of likely N-dealkylation sites (tertiary alicyclic amines) is 2. The number of carbonyl (C=O) groups excluding carboxylic acids is 1. The van der Waals surface area contributed by atoms with Crippen molar-refractivity contribution >= 4 is 118 Å². The molecule has 28 heteroatoms. The highest BCUT2D eigenvalue weighted by Gasteiger charge is 2.33.